The Labute approximate surface area is 194 Å². The van der Waals surface area contributed by atoms with Crippen molar-refractivity contribution < 1.29 is 17.6 Å². The predicted molar refractivity (Wildman–Crippen MR) is 123 cm³/mol. The van der Waals surface area contributed by atoms with Gasteiger partial charge in [0.05, 0.1) is 11.3 Å². The van der Waals surface area contributed by atoms with Gasteiger partial charge in [0.1, 0.15) is 11.5 Å². The highest BCUT2D eigenvalue weighted by Gasteiger charge is 2.36. The Morgan fingerprint density at radius 2 is 1.97 bits per heavy atom. The Balaban J connectivity index is 1.38. The minimum Gasteiger partial charge on any atom is -0.341 e. The summed E-state index contributed by atoms with van der Waals surface area (Å²) in [6.45, 7) is 1.53. The molecule has 1 fully saturated rings. The molecule has 2 aliphatic heterocycles. The van der Waals surface area contributed by atoms with Gasteiger partial charge >= 0.3 is 0 Å². The number of carbonyl (C=O) groups excluding carboxylic acids is 1. The Kier molecular flexibility index (Phi) is 5.57. The first-order valence-corrected chi connectivity index (χ1v) is 13.0. The SMILES string of the molecule is O=C(Cc1cccs1)N1C[C@@H]2C[C@H](C1)c1ccc(NS(=O)(=O)c3cccc(F)c3)c(=O)n1C2. The first kappa shape index (κ1) is 21.8. The largest absolute Gasteiger partial charge is 0.341 e. The number of amides is 1. The standard InChI is InChI=1S/C23H22FN3O4S2/c24-17-3-1-5-19(10-17)33(30,31)25-20-6-7-21-16-9-15(13-27(21)23(20)29)12-26(14-16)22(28)11-18-4-2-8-32-18/h1-8,10,15-16,25H,9,11-14H2/t15-,16+/m0/s1. The number of likely N-dealkylation sites (tertiary alicyclic amines) is 1. The zero-order chi connectivity index (χ0) is 23.2. The second kappa shape index (κ2) is 8.42. The Hall–Kier alpha value is -2.98. The topological polar surface area (TPSA) is 88.5 Å². The monoisotopic (exact) mass is 487 g/mol. The highest BCUT2D eigenvalue weighted by molar-refractivity contribution is 7.92. The fraction of sp³-hybridized carbons (Fsp3) is 0.304. The second-order valence-corrected chi connectivity index (χ2v) is 11.2. The van der Waals surface area contributed by atoms with Crippen LogP contribution in [0.2, 0.25) is 0 Å². The van der Waals surface area contributed by atoms with Crippen molar-refractivity contribution in [2.75, 3.05) is 17.8 Å². The molecule has 1 aromatic carbocycles. The molecule has 7 nitrogen and oxygen atoms in total. The number of aromatic nitrogens is 1. The van der Waals surface area contributed by atoms with Gasteiger partial charge in [0.25, 0.3) is 15.6 Å². The third-order valence-electron chi connectivity index (χ3n) is 6.21. The van der Waals surface area contributed by atoms with Crippen molar-refractivity contribution in [1.82, 2.24) is 9.47 Å². The van der Waals surface area contributed by atoms with Gasteiger partial charge in [0.2, 0.25) is 5.91 Å². The maximum Gasteiger partial charge on any atom is 0.275 e. The molecule has 2 bridgehead atoms. The molecule has 2 aliphatic rings. The molecule has 0 saturated carbocycles. The summed E-state index contributed by atoms with van der Waals surface area (Å²) in [6, 6.07) is 11.7. The molecule has 1 N–H and O–H groups in total. The molecule has 172 valence electrons. The van der Waals surface area contributed by atoms with E-state index in [1.165, 1.54) is 18.2 Å². The van der Waals surface area contributed by atoms with Gasteiger partial charge in [-0.3, -0.25) is 14.3 Å². The predicted octanol–water partition coefficient (Wildman–Crippen LogP) is 3.04. The van der Waals surface area contributed by atoms with Crippen molar-refractivity contribution in [2.45, 2.75) is 30.2 Å². The van der Waals surface area contributed by atoms with Gasteiger partial charge in [-0.05, 0) is 54.1 Å². The first-order chi connectivity index (χ1) is 15.8. The summed E-state index contributed by atoms with van der Waals surface area (Å²) >= 11 is 1.56. The number of thiophene rings is 1. The molecule has 0 spiro atoms. The minimum atomic E-state index is -4.10. The maximum absolute atomic E-state index is 13.5. The molecule has 1 saturated heterocycles. The third kappa shape index (κ3) is 4.32. The number of fused-ring (bicyclic) bond motifs is 4. The van der Waals surface area contributed by atoms with Crippen molar-refractivity contribution in [3.05, 3.63) is 80.7 Å². The lowest BCUT2D eigenvalue weighted by Gasteiger charge is -2.43. The summed E-state index contributed by atoms with van der Waals surface area (Å²) in [7, 11) is -4.10. The number of benzene rings is 1. The average molecular weight is 488 g/mol. The van der Waals surface area contributed by atoms with Crippen molar-refractivity contribution >= 4 is 33.0 Å². The molecule has 2 atom stereocenters. The van der Waals surface area contributed by atoms with E-state index in [1.807, 2.05) is 22.4 Å². The van der Waals surface area contributed by atoms with Crippen molar-refractivity contribution in [3.63, 3.8) is 0 Å². The fourth-order valence-electron chi connectivity index (χ4n) is 4.74. The number of rotatable bonds is 5. The van der Waals surface area contributed by atoms with Crippen LogP contribution in [0.4, 0.5) is 10.1 Å². The molecular formula is C23H22FN3O4S2. The summed E-state index contributed by atoms with van der Waals surface area (Å²) in [4.78, 5) is 28.6. The Morgan fingerprint density at radius 1 is 1.12 bits per heavy atom. The first-order valence-electron chi connectivity index (χ1n) is 10.6. The van der Waals surface area contributed by atoms with E-state index in [1.54, 1.807) is 22.0 Å². The van der Waals surface area contributed by atoms with E-state index in [0.717, 1.165) is 29.1 Å². The normalized spacial score (nSPS) is 19.7. The number of hydrogen-bond donors (Lipinski definition) is 1. The van der Waals surface area contributed by atoms with Crippen LogP contribution >= 0.6 is 11.3 Å². The van der Waals surface area contributed by atoms with Gasteiger partial charge < -0.3 is 9.47 Å². The number of halogens is 1. The molecule has 3 aromatic rings. The third-order valence-corrected chi connectivity index (χ3v) is 8.45. The van der Waals surface area contributed by atoms with E-state index >= 15 is 0 Å². The molecule has 1 amide bonds. The van der Waals surface area contributed by atoms with E-state index < -0.39 is 21.4 Å². The fourth-order valence-corrected chi connectivity index (χ4v) is 6.52. The van der Waals surface area contributed by atoms with Crippen LogP contribution in [0.25, 0.3) is 0 Å². The highest BCUT2D eigenvalue weighted by atomic mass is 32.2. The summed E-state index contributed by atoms with van der Waals surface area (Å²) < 4.78 is 42.7. The number of piperidine rings is 1. The zero-order valence-corrected chi connectivity index (χ0v) is 19.2. The van der Waals surface area contributed by atoms with Crippen LogP contribution in [0.1, 0.15) is 22.9 Å². The number of hydrogen-bond acceptors (Lipinski definition) is 5. The van der Waals surface area contributed by atoms with Gasteiger partial charge in [0, 0.05) is 36.1 Å². The van der Waals surface area contributed by atoms with E-state index in [4.69, 9.17) is 0 Å². The molecule has 0 aliphatic carbocycles. The number of carbonyl (C=O) groups is 1. The van der Waals surface area contributed by atoms with Crippen LogP contribution in [-0.2, 0) is 27.8 Å². The number of pyridine rings is 1. The van der Waals surface area contributed by atoms with Crippen molar-refractivity contribution in [2.24, 2.45) is 5.92 Å². The number of nitrogens with one attached hydrogen (secondary N) is 1. The number of sulfonamides is 1. The summed E-state index contributed by atoms with van der Waals surface area (Å²) in [5.41, 5.74) is 0.299. The second-order valence-electron chi connectivity index (χ2n) is 8.50. The van der Waals surface area contributed by atoms with Gasteiger partial charge in [-0.15, -0.1) is 11.3 Å². The summed E-state index contributed by atoms with van der Waals surface area (Å²) in [6.07, 6.45) is 1.27. The minimum absolute atomic E-state index is 0.0198. The lowest BCUT2D eigenvalue weighted by molar-refractivity contribution is -0.133. The molecule has 5 rings (SSSR count). The zero-order valence-electron chi connectivity index (χ0n) is 17.6. The van der Waals surface area contributed by atoms with Gasteiger partial charge in [-0.1, -0.05) is 12.1 Å². The Bertz CT molecular complexity index is 1370. The van der Waals surface area contributed by atoms with E-state index in [0.29, 0.717) is 26.1 Å². The summed E-state index contributed by atoms with van der Waals surface area (Å²) in [5, 5.41) is 1.95. The molecule has 4 heterocycles. The quantitative estimate of drug-likeness (QED) is 0.599. The van der Waals surface area contributed by atoms with Gasteiger partial charge in [-0.25, -0.2) is 12.8 Å². The molecule has 0 radical (unpaired) electrons. The highest BCUT2D eigenvalue weighted by Crippen LogP contribution is 2.36. The van der Waals surface area contributed by atoms with Crippen LogP contribution in [0, 0.1) is 11.7 Å². The lowest BCUT2D eigenvalue weighted by atomic mass is 9.83. The molecule has 10 heteroatoms. The Morgan fingerprint density at radius 3 is 2.73 bits per heavy atom. The smallest absolute Gasteiger partial charge is 0.275 e. The van der Waals surface area contributed by atoms with Crippen LogP contribution < -0.4 is 10.3 Å². The maximum atomic E-state index is 13.5. The molecular weight excluding hydrogens is 465 g/mol. The van der Waals surface area contributed by atoms with Gasteiger partial charge in [0.15, 0.2) is 0 Å². The van der Waals surface area contributed by atoms with Crippen LogP contribution in [0.3, 0.4) is 0 Å². The van der Waals surface area contributed by atoms with E-state index in [2.05, 4.69) is 4.72 Å². The molecule has 33 heavy (non-hydrogen) atoms. The average Bonchev–Trinajstić information content (AvgIpc) is 3.29. The van der Waals surface area contributed by atoms with Crippen molar-refractivity contribution in [1.29, 1.82) is 0 Å². The van der Waals surface area contributed by atoms with Gasteiger partial charge in [-0.2, -0.15) is 0 Å². The summed E-state index contributed by atoms with van der Waals surface area (Å²) in [5.74, 6) is -0.448. The molecule has 2 aromatic heterocycles. The lowest BCUT2D eigenvalue weighted by Crippen LogP contribution is -2.49. The van der Waals surface area contributed by atoms with Crippen LogP contribution in [0.5, 0.6) is 0 Å². The number of anilines is 1. The van der Waals surface area contributed by atoms with E-state index in [9.17, 15) is 22.4 Å². The van der Waals surface area contributed by atoms with Crippen LogP contribution in [-0.4, -0.2) is 36.9 Å². The van der Waals surface area contributed by atoms with Crippen molar-refractivity contribution in [3.8, 4) is 0 Å². The van der Waals surface area contributed by atoms with E-state index in [-0.39, 0.29) is 28.3 Å². The molecule has 0 unspecified atom stereocenters. The number of nitrogens with zero attached hydrogens (tertiary/aromatic N) is 2. The van der Waals surface area contributed by atoms with Crippen LogP contribution in [0.15, 0.2) is 63.6 Å².